The van der Waals surface area contributed by atoms with Gasteiger partial charge in [0.2, 0.25) is 5.89 Å². The average molecular weight is 339 g/mol. The van der Waals surface area contributed by atoms with Crippen LogP contribution in [-0.2, 0) is 4.74 Å². The molecule has 0 amide bonds. The molecule has 0 radical (unpaired) electrons. The van der Waals surface area contributed by atoms with E-state index in [4.69, 9.17) is 9.15 Å². The van der Waals surface area contributed by atoms with Crippen LogP contribution in [0.1, 0.15) is 29.3 Å². The number of rotatable bonds is 5. The maximum absolute atomic E-state index is 12.1. The number of ether oxygens (including phenoxy) is 1. The van der Waals surface area contributed by atoms with Gasteiger partial charge < -0.3 is 9.15 Å². The van der Waals surface area contributed by atoms with Crippen molar-refractivity contribution in [2.24, 2.45) is 0 Å². The molecule has 0 aliphatic carbocycles. The fourth-order valence-corrected chi connectivity index (χ4v) is 2.09. The summed E-state index contributed by atoms with van der Waals surface area (Å²) in [7, 11) is 0. The molecule has 1 aromatic heterocycles. The van der Waals surface area contributed by atoms with Gasteiger partial charge in [-0.3, -0.25) is 10.1 Å². The Hall–Kier alpha value is -3.55. The number of esters is 1. The normalized spacial score (nSPS) is 11.7. The lowest BCUT2D eigenvalue weighted by molar-refractivity contribution is -0.384. The Labute approximate surface area is 142 Å². The first-order valence-corrected chi connectivity index (χ1v) is 7.39. The smallest absolute Gasteiger partial charge is 0.338 e. The molecule has 1 heterocycles. The first-order chi connectivity index (χ1) is 12.0. The van der Waals surface area contributed by atoms with E-state index in [9.17, 15) is 14.9 Å². The van der Waals surface area contributed by atoms with Gasteiger partial charge in [-0.05, 0) is 31.2 Å². The maximum atomic E-state index is 12.1. The predicted octanol–water partition coefficient (Wildman–Crippen LogP) is 3.56. The van der Waals surface area contributed by atoms with Gasteiger partial charge in [-0.15, -0.1) is 10.2 Å². The highest BCUT2D eigenvalue weighted by molar-refractivity contribution is 5.89. The molecule has 1 atom stereocenters. The van der Waals surface area contributed by atoms with E-state index in [0.29, 0.717) is 5.89 Å². The molecule has 3 aromatic rings. The summed E-state index contributed by atoms with van der Waals surface area (Å²) >= 11 is 0. The van der Waals surface area contributed by atoms with Crippen LogP contribution in [0, 0.1) is 10.1 Å². The van der Waals surface area contributed by atoms with Crippen LogP contribution in [0.2, 0.25) is 0 Å². The number of benzene rings is 2. The molecule has 2 aromatic carbocycles. The molecule has 8 heteroatoms. The number of hydrogen-bond acceptors (Lipinski definition) is 7. The lowest BCUT2D eigenvalue weighted by atomic mass is 10.2. The fourth-order valence-electron chi connectivity index (χ4n) is 2.09. The largest absolute Gasteiger partial charge is 0.449 e. The van der Waals surface area contributed by atoms with E-state index in [1.54, 1.807) is 6.92 Å². The van der Waals surface area contributed by atoms with Gasteiger partial charge in [0.05, 0.1) is 10.5 Å². The molecule has 3 rings (SSSR count). The number of carbonyl (C=O) groups excluding carboxylic acids is 1. The molecule has 0 saturated carbocycles. The third kappa shape index (κ3) is 3.69. The van der Waals surface area contributed by atoms with Crippen LogP contribution >= 0.6 is 0 Å². The van der Waals surface area contributed by atoms with Crippen LogP contribution < -0.4 is 0 Å². The second-order valence-corrected chi connectivity index (χ2v) is 5.16. The molecule has 0 N–H and O–H groups in total. The summed E-state index contributed by atoms with van der Waals surface area (Å²) in [6.07, 6.45) is -0.757. The van der Waals surface area contributed by atoms with Crippen LogP contribution in [0.4, 0.5) is 5.69 Å². The molecule has 0 fully saturated rings. The lowest BCUT2D eigenvalue weighted by Gasteiger charge is -2.09. The number of aromatic nitrogens is 2. The Morgan fingerprint density at radius 2 is 1.80 bits per heavy atom. The van der Waals surface area contributed by atoms with E-state index in [1.807, 2.05) is 30.3 Å². The highest BCUT2D eigenvalue weighted by atomic mass is 16.6. The molecular formula is C17H13N3O5. The van der Waals surface area contributed by atoms with Crippen molar-refractivity contribution in [3.63, 3.8) is 0 Å². The van der Waals surface area contributed by atoms with Crippen molar-refractivity contribution in [1.82, 2.24) is 10.2 Å². The zero-order valence-electron chi connectivity index (χ0n) is 13.2. The highest BCUT2D eigenvalue weighted by Crippen LogP contribution is 2.23. The molecule has 0 bridgehead atoms. The maximum Gasteiger partial charge on any atom is 0.338 e. The summed E-state index contributed by atoms with van der Waals surface area (Å²) in [6.45, 7) is 1.60. The van der Waals surface area contributed by atoms with Crippen LogP contribution in [-0.4, -0.2) is 21.1 Å². The Bertz CT molecular complexity index is 890. The molecule has 0 unspecified atom stereocenters. The minimum Gasteiger partial charge on any atom is -0.449 e. The van der Waals surface area contributed by atoms with Crippen molar-refractivity contribution in [3.8, 4) is 11.5 Å². The Balaban J connectivity index is 1.69. The summed E-state index contributed by atoms with van der Waals surface area (Å²) in [5.74, 6) is -0.148. The number of nitrogens with zero attached hydrogens (tertiary/aromatic N) is 3. The summed E-state index contributed by atoms with van der Waals surface area (Å²) in [6, 6.07) is 14.3. The number of nitro benzene ring substituents is 1. The number of nitro groups is 1. The quantitative estimate of drug-likeness (QED) is 0.397. The van der Waals surface area contributed by atoms with Gasteiger partial charge in [0, 0.05) is 17.7 Å². The molecule has 0 spiro atoms. The third-order valence-electron chi connectivity index (χ3n) is 3.41. The van der Waals surface area contributed by atoms with Gasteiger partial charge in [-0.1, -0.05) is 18.2 Å². The van der Waals surface area contributed by atoms with Crippen LogP contribution in [0.5, 0.6) is 0 Å². The van der Waals surface area contributed by atoms with Crippen molar-refractivity contribution in [2.45, 2.75) is 13.0 Å². The van der Waals surface area contributed by atoms with E-state index >= 15 is 0 Å². The van der Waals surface area contributed by atoms with E-state index in [1.165, 1.54) is 24.3 Å². The number of non-ortho nitro benzene ring substituents is 1. The van der Waals surface area contributed by atoms with Crippen molar-refractivity contribution < 1.29 is 18.9 Å². The molecule has 8 nitrogen and oxygen atoms in total. The van der Waals surface area contributed by atoms with E-state index < -0.39 is 17.0 Å². The predicted molar refractivity (Wildman–Crippen MR) is 86.7 cm³/mol. The zero-order chi connectivity index (χ0) is 17.8. The number of hydrogen-bond donors (Lipinski definition) is 0. The zero-order valence-corrected chi connectivity index (χ0v) is 13.2. The van der Waals surface area contributed by atoms with Crippen molar-refractivity contribution in [2.75, 3.05) is 0 Å². The summed E-state index contributed by atoms with van der Waals surface area (Å²) in [5.41, 5.74) is 0.851. The monoisotopic (exact) mass is 339 g/mol. The van der Waals surface area contributed by atoms with Crippen molar-refractivity contribution in [1.29, 1.82) is 0 Å². The highest BCUT2D eigenvalue weighted by Gasteiger charge is 2.20. The van der Waals surface area contributed by atoms with Gasteiger partial charge in [0.25, 0.3) is 11.6 Å². The molecule has 25 heavy (non-hydrogen) atoms. The first kappa shape index (κ1) is 16.3. The Morgan fingerprint density at radius 3 is 2.44 bits per heavy atom. The Kier molecular flexibility index (Phi) is 4.51. The van der Waals surface area contributed by atoms with Crippen molar-refractivity contribution >= 4 is 11.7 Å². The summed E-state index contributed by atoms with van der Waals surface area (Å²) in [5, 5.41) is 18.5. The van der Waals surface area contributed by atoms with Gasteiger partial charge in [0.15, 0.2) is 6.10 Å². The van der Waals surface area contributed by atoms with Crippen LogP contribution in [0.25, 0.3) is 11.5 Å². The first-order valence-electron chi connectivity index (χ1n) is 7.39. The van der Waals surface area contributed by atoms with Crippen LogP contribution in [0.3, 0.4) is 0 Å². The van der Waals surface area contributed by atoms with Gasteiger partial charge in [0.1, 0.15) is 0 Å². The third-order valence-corrected chi connectivity index (χ3v) is 3.41. The molecular weight excluding hydrogens is 326 g/mol. The van der Waals surface area contributed by atoms with E-state index in [-0.39, 0.29) is 17.1 Å². The average Bonchev–Trinajstić information content (AvgIpc) is 3.13. The van der Waals surface area contributed by atoms with Crippen molar-refractivity contribution in [3.05, 3.63) is 76.2 Å². The standard InChI is InChI=1S/C17H13N3O5/c1-11(15-18-19-16(25-15)12-5-3-2-4-6-12)24-17(21)13-7-9-14(10-8-13)20(22)23/h2-11H,1H3/t11-/m1/s1. The molecule has 126 valence electrons. The van der Waals surface area contributed by atoms with E-state index in [2.05, 4.69) is 10.2 Å². The molecule has 0 aliphatic heterocycles. The summed E-state index contributed by atoms with van der Waals surface area (Å²) in [4.78, 5) is 22.2. The van der Waals surface area contributed by atoms with Crippen LogP contribution in [0.15, 0.2) is 59.0 Å². The van der Waals surface area contributed by atoms with Gasteiger partial charge >= 0.3 is 5.97 Å². The van der Waals surface area contributed by atoms with Gasteiger partial charge in [-0.25, -0.2) is 4.79 Å². The topological polar surface area (TPSA) is 108 Å². The number of carbonyl (C=O) groups is 1. The minimum atomic E-state index is -0.757. The molecule has 0 saturated heterocycles. The minimum absolute atomic E-state index is 0.103. The van der Waals surface area contributed by atoms with E-state index in [0.717, 1.165) is 5.56 Å². The second kappa shape index (κ2) is 6.91. The fraction of sp³-hybridized carbons (Fsp3) is 0.118. The molecule has 0 aliphatic rings. The van der Waals surface area contributed by atoms with Gasteiger partial charge in [-0.2, -0.15) is 0 Å². The lowest BCUT2D eigenvalue weighted by Crippen LogP contribution is -2.09. The Morgan fingerprint density at radius 1 is 1.12 bits per heavy atom. The SMILES string of the molecule is C[C@@H](OC(=O)c1ccc([N+](=O)[O-])cc1)c1nnc(-c2ccccc2)o1. The summed E-state index contributed by atoms with van der Waals surface area (Å²) < 4.78 is 10.8. The second-order valence-electron chi connectivity index (χ2n) is 5.16.